The molecule has 0 fully saturated rings. The first-order valence-electron chi connectivity index (χ1n) is 6.96. The molecule has 0 unspecified atom stereocenters. The van der Waals surface area contributed by atoms with Crippen LogP contribution in [0.2, 0.25) is 0 Å². The van der Waals surface area contributed by atoms with Gasteiger partial charge in [0.15, 0.2) is 6.10 Å². The molecule has 0 heterocycles. The number of carbonyl (C=O) groups excluding carboxylic acids is 1. The molecule has 1 aromatic carbocycles. The van der Waals surface area contributed by atoms with Gasteiger partial charge in [-0.3, -0.25) is 0 Å². The summed E-state index contributed by atoms with van der Waals surface area (Å²) >= 11 is 0. The number of methoxy groups -OCH3 is 2. The number of benzene rings is 1. The minimum Gasteiger partial charge on any atom is -0.467 e. The van der Waals surface area contributed by atoms with E-state index in [-0.39, 0.29) is 12.0 Å². The van der Waals surface area contributed by atoms with Gasteiger partial charge >= 0.3 is 5.97 Å². The first-order valence-corrected chi connectivity index (χ1v) is 6.96. The van der Waals surface area contributed by atoms with Crippen LogP contribution in [0.4, 0.5) is 0 Å². The third kappa shape index (κ3) is 5.31. The van der Waals surface area contributed by atoms with Gasteiger partial charge < -0.3 is 14.8 Å². The van der Waals surface area contributed by atoms with E-state index in [1.807, 2.05) is 18.2 Å². The smallest absolute Gasteiger partial charge is 0.336 e. The zero-order valence-corrected chi connectivity index (χ0v) is 12.8. The van der Waals surface area contributed by atoms with Gasteiger partial charge in [0.25, 0.3) is 0 Å². The molecule has 0 aliphatic heterocycles. The van der Waals surface area contributed by atoms with Crippen molar-refractivity contribution in [3.8, 4) is 0 Å². The van der Waals surface area contributed by atoms with Crippen molar-refractivity contribution >= 4 is 5.97 Å². The SMILES string of the molecule is COC(=O)[C@@H](OC)[C@H](CC(C)C)NCc1ccccc1. The third-order valence-corrected chi connectivity index (χ3v) is 3.19. The Bertz CT molecular complexity index is 392. The standard InChI is InChI=1S/C16H25NO3/c1-12(2)10-14(15(19-3)16(18)20-4)17-11-13-8-6-5-7-9-13/h5-9,12,14-15,17H,10-11H2,1-4H3/t14-,15-/m0/s1. The van der Waals surface area contributed by atoms with E-state index >= 15 is 0 Å². The van der Waals surface area contributed by atoms with E-state index in [9.17, 15) is 4.79 Å². The van der Waals surface area contributed by atoms with Crippen LogP contribution in [-0.4, -0.2) is 32.3 Å². The molecule has 20 heavy (non-hydrogen) atoms. The number of esters is 1. The fraction of sp³-hybridized carbons (Fsp3) is 0.562. The first-order chi connectivity index (χ1) is 9.58. The van der Waals surface area contributed by atoms with E-state index in [1.165, 1.54) is 12.7 Å². The van der Waals surface area contributed by atoms with E-state index in [4.69, 9.17) is 9.47 Å². The van der Waals surface area contributed by atoms with E-state index < -0.39 is 6.10 Å². The maximum Gasteiger partial charge on any atom is 0.336 e. The third-order valence-electron chi connectivity index (χ3n) is 3.19. The fourth-order valence-corrected chi connectivity index (χ4v) is 2.21. The normalized spacial score (nSPS) is 14.1. The lowest BCUT2D eigenvalue weighted by Crippen LogP contribution is -2.46. The maximum atomic E-state index is 11.8. The van der Waals surface area contributed by atoms with Crippen LogP contribution >= 0.6 is 0 Å². The van der Waals surface area contributed by atoms with Gasteiger partial charge in [-0.25, -0.2) is 4.79 Å². The summed E-state index contributed by atoms with van der Waals surface area (Å²) in [5.74, 6) is 0.129. The summed E-state index contributed by atoms with van der Waals surface area (Å²) < 4.78 is 10.1. The molecule has 0 aliphatic carbocycles. The average Bonchev–Trinajstić information content (AvgIpc) is 2.45. The first kappa shape index (κ1) is 16.7. The molecule has 0 radical (unpaired) electrons. The minimum atomic E-state index is -0.578. The Kier molecular flexibility index (Phi) is 7.26. The Hall–Kier alpha value is -1.39. The van der Waals surface area contributed by atoms with Gasteiger partial charge in [-0.05, 0) is 17.9 Å². The summed E-state index contributed by atoms with van der Waals surface area (Å²) in [5.41, 5.74) is 1.18. The molecule has 0 saturated heterocycles. The summed E-state index contributed by atoms with van der Waals surface area (Å²) in [6.07, 6.45) is 0.270. The molecule has 1 aromatic rings. The Morgan fingerprint density at radius 1 is 1.20 bits per heavy atom. The molecule has 0 aromatic heterocycles. The van der Waals surface area contributed by atoms with Crippen molar-refractivity contribution < 1.29 is 14.3 Å². The zero-order chi connectivity index (χ0) is 15.0. The summed E-state index contributed by atoms with van der Waals surface area (Å²) in [5, 5.41) is 3.41. The van der Waals surface area contributed by atoms with Gasteiger partial charge in [0.2, 0.25) is 0 Å². The van der Waals surface area contributed by atoms with Gasteiger partial charge in [0.05, 0.1) is 7.11 Å². The predicted molar refractivity (Wildman–Crippen MR) is 79.3 cm³/mol. The molecule has 0 spiro atoms. The molecule has 1 N–H and O–H groups in total. The minimum absolute atomic E-state index is 0.0624. The average molecular weight is 279 g/mol. The number of nitrogens with one attached hydrogen (secondary N) is 1. The molecule has 0 aliphatic rings. The summed E-state index contributed by atoms with van der Waals surface area (Å²) in [6, 6.07) is 10.0. The van der Waals surface area contributed by atoms with Crippen molar-refractivity contribution in [3.05, 3.63) is 35.9 Å². The van der Waals surface area contributed by atoms with Crippen LogP contribution in [0.25, 0.3) is 0 Å². The van der Waals surface area contributed by atoms with Crippen LogP contribution < -0.4 is 5.32 Å². The number of carbonyl (C=O) groups is 1. The van der Waals surface area contributed by atoms with Crippen LogP contribution in [0.3, 0.4) is 0 Å². The van der Waals surface area contributed by atoms with Gasteiger partial charge in [0, 0.05) is 19.7 Å². The number of rotatable bonds is 8. The van der Waals surface area contributed by atoms with Crippen LogP contribution in [0.5, 0.6) is 0 Å². The molecule has 0 saturated carbocycles. The molecule has 112 valence electrons. The number of ether oxygens (including phenoxy) is 2. The fourth-order valence-electron chi connectivity index (χ4n) is 2.21. The molecule has 4 nitrogen and oxygen atoms in total. The van der Waals surface area contributed by atoms with Gasteiger partial charge in [0.1, 0.15) is 0 Å². The van der Waals surface area contributed by atoms with Crippen LogP contribution in [0.1, 0.15) is 25.8 Å². The molecular weight excluding hydrogens is 254 g/mol. The highest BCUT2D eigenvalue weighted by atomic mass is 16.6. The van der Waals surface area contributed by atoms with E-state index in [2.05, 4.69) is 31.3 Å². The molecule has 2 atom stereocenters. The Morgan fingerprint density at radius 3 is 2.35 bits per heavy atom. The highest BCUT2D eigenvalue weighted by Gasteiger charge is 2.29. The molecular formula is C16H25NO3. The number of hydrogen-bond donors (Lipinski definition) is 1. The Balaban J connectivity index is 2.70. The van der Waals surface area contributed by atoms with Crippen molar-refractivity contribution in [2.24, 2.45) is 5.92 Å². The lowest BCUT2D eigenvalue weighted by Gasteiger charge is -2.26. The second-order valence-corrected chi connectivity index (χ2v) is 5.28. The topological polar surface area (TPSA) is 47.6 Å². The van der Waals surface area contributed by atoms with Gasteiger partial charge in [-0.2, -0.15) is 0 Å². The van der Waals surface area contributed by atoms with Crippen molar-refractivity contribution in [1.82, 2.24) is 5.32 Å². The predicted octanol–water partition coefficient (Wildman–Crippen LogP) is 2.38. The van der Waals surface area contributed by atoms with Gasteiger partial charge in [-0.15, -0.1) is 0 Å². The lowest BCUT2D eigenvalue weighted by atomic mass is 9.98. The van der Waals surface area contributed by atoms with E-state index in [0.29, 0.717) is 12.5 Å². The number of hydrogen-bond acceptors (Lipinski definition) is 4. The lowest BCUT2D eigenvalue weighted by molar-refractivity contribution is -0.154. The van der Waals surface area contributed by atoms with E-state index in [1.54, 1.807) is 7.11 Å². The Labute approximate surface area is 121 Å². The highest BCUT2D eigenvalue weighted by Crippen LogP contribution is 2.13. The van der Waals surface area contributed by atoms with Crippen molar-refractivity contribution in [2.45, 2.75) is 39.0 Å². The van der Waals surface area contributed by atoms with Crippen LogP contribution in [0.15, 0.2) is 30.3 Å². The molecule has 0 bridgehead atoms. The zero-order valence-electron chi connectivity index (χ0n) is 12.8. The summed E-state index contributed by atoms with van der Waals surface area (Å²) in [6.45, 7) is 4.96. The quantitative estimate of drug-likeness (QED) is 0.742. The summed E-state index contributed by atoms with van der Waals surface area (Å²) in [4.78, 5) is 11.8. The van der Waals surface area contributed by atoms with Crippen LogP contribution in [-0.2, 0) is 20.8 Å². The second-order valence-electron chi connectivity index (χ2n) is 5.28. The van der Waals surface area contributed by atoms with Crippen LogP contribution in [0, 0.1) is 5.92 Å². The second kappa shape index (κ2) is 8.72. The largest absolute Gasteiger partial charge is 0.467 e. The highest BCUT2D eigenvalue weighted by molar-refractivity contribution is 5.75. The summed E-state index contributed by atoms with van der Waals surface area (Å²) in [7, 11) is 2.93. The molecule has 1 rings (SSSR count). The van der Waals surface area contributed by atoms with E-state index in [0.717, 1.165) is 6.42 Å². The maximum absolute atomic E-state index is 11.8. The van der Waals surface area contributed by atoms with Crippen molar-refractivity contribution in [3.63, 3.8) is 0 Å². The monoisotopic (exact) mass is 279 g/mol. The molecule has 4 heteroatoms. The molecule has 0 amide bonds. The van der Waals surface area contributed by atoms with Crippen molar-refractivity contribution in [2.75, 3.05) is 14.2 Å². The van der Waals surface area contributed by atoms with Crippen molar-refractivity contribution in [1.29, 1.82) is 0 Å². The Morgan fingerprint density at radius 2 is 1.85 bits per heavy atom. The van der Waals surface area contributed by atoms with Gasteiger partial charge in [-0.1, -0.05) is 44.2 Å².